The van der Waals surface area contributed by atoms with Gasteiger partial charge >= 0.3 is 0 Å². The van der Waals surface area contributed by atoms with Gasteiger partial charge in [0.1, 0.15) is 11.7 Å². The minimum Gasteiger partial charge on any atom is -0.378 e. The number of imide groups is 1. The molecule has 0 saturated carbocycles. The molecule has 31 heavy (non-hydrogen) atoms. The zero-order valence-electron chi connectivity index (χ0n) is 17.3. The van der Waals surface area contributed by atoms with Gasteiger partial charge in [-0.15, -0.1) is 0 Å². The highest BCUT2D eigenvalue weighted by molar-refractivity contribution is 6.22. The Morgan fingerprint density at radius 2 is 1.58 bits per heavy atom. The van der Waals surface area contributed by atoms with Crippen molar-refractivity contribution in [2.45, 2.75) is 26.3 Å². The van der Waals surface area contributed by atoms with Crippen LogP contribution in [0, 0.1) is 16.0 Å². The van der Waals surface area contributed by atoms with Crippen molar-refractivity contribution in [3.8, 4) is 0 Å². The van der Waals surface area contributed by atoms with E-state index >= 15 is 0 Å². The summed E-state index contributed by atoms with van der Waals surface area (Å²) in [6, 6.07) is 11.8. The molecule has 0 radical (unpaired) electrons. The number of nitrogens with zero attached hydrogens (tertiary/aromatic N) is 2. The Morgan fingerprint density at radius 3 is 2.16 bits per heavy atom. The molecule has 1 atom stereocenters. The zero-order chi connectivity index (χ0) is 22.5. The van der Waals surface area contributed by atoms with Crippen molar-refractivity contribution in [2.75, 3.05) is 18.4 Å². The predicted octanol–water partition coefficient (Wildman–Crippen LogP) is 2.83. The number of carbonyl (C=O) groups excluding carboxylic acids is 3. The molecule has 0 aromatic heterocycles. The van der Waals surface area contributed by atoms with Crippen LogP contribution in [0.2, 0.25) is 0 Å². The lowest BCUT2D eigenvalue weighted by molar-refractivity contribution is -0.384. The normalized spacial score (nSPS) is 13.8. The smallest absolute Gasteiger partial charge is 0.292 e. The summed E-state index contributed by atoms with van der Waals surface area (Å²) in [5.41, 5.74) is 0.887. The summed E-state index contributed by atoms with van der Waals surface area (Å²) in [7, 11) is 0. The van der Waals surface area contributed by atoms with Crippen molar-refractivity contribution in [1.82, 2.24) is 10.2 Å². The van der Waals surface area contributed by atoms with Crippen LogP contribution in [-0.4, -0.2) is 46.7 Å². The third-order valence-corrected chi connectivity index (χ3v) is 4.97. The molecule has 3 rings (SSSR count). The van der Waals surface area contributed by atoms with E-state index in [2.05, 4.69) is 10.6 Å². The van der Waals surface area contributed by atoms with Gasteiger partial charge in [0.15, 0.2) is 0 Å². The number of carbonyl (C=O) groups is 3. The average Bonchev–Trinajstić information content (AvgIpc) is 3.00. The Morgan fingerprint density at radius 1 is 1.00 bits per heavy atom. The molecule has 9 nitrogen and oxygen atoms in total. The molecular formula is C22H24N4O5. The van der Waals surface area contributed by atoms with Crippen LogP contribution >= 0.6 is 0 Å². The summed E-state index contributed by atoms with van der Waals surface area (Å²) in [5, 5.41) is 16.7. The largest absolute Gasteiger partial charge is 0.378 e. The van der Waals surface area contributed by atoms with E-state index < -0.39 is 28.7 Å². The second-order valence-corrected chi connectivity index (χ2v) is 7.66. The second kappa shape index (κ2) is 9.38. The van der Waals surface area contributed by atoms with Gasteiger partial charge in [-0.25, -0.2) is 0 Å². The quantitative estimate of drug-likeness (QED) is 0.276. The summed E-state index contributed by atoms with van der Waals surface area (Å²) < 4.78 is 0. The first-order valence-electron chi connectivity index (χ1n) is 10.0. The van der Waals surface area contributed by atoms with E-state index in [0.29, 0.717) is 23.2 Å². The molecule has 0 saturated heterocycles. The van der Waals surface area contributed by atoms with E-state index in [1.165, 1.54) is 6.07 Å². The van der Waals surface area contributed by atoms with Gasteiger partial charge in [0, 0.05) is 19.2 Å². The van der Waals surface area contributed by atoms with Crippen LogP contribution in [0.25, 0.3) is 0 Å². The maximum atomic E-state index is 12.9. The minimum atomic E-state index is -0.932. The highest BCUT2D eigenvalue weighted by atomic mass is 16.6. The molecule has 2 aromatic carbocycles. The second-order valence-electron chi connectivity index (χ2n) is 7.66. The first-order chi connectivity index (χ1) is 14.8. The minimum absolute atomic E-state index is 0.0578. The SMILES string of the molecule is CC(C)CC(C(=O)NCCNc1ccccc1[N+](=O)[O-])N1C(=O)c2ccccc2C1=O. The summed E-state index contributed by atoms with van der Waals surface area (Å²) in [6.07, 6.45) is 0.328. The van der Waals surface area contributed by atoms with Crippen LogP contribution in [0.15, 0.2) is 48.5 Å². The van der Waals surface area contributed by atoms with E-state index in [9.17, 15) is 24.5 Å². The number of anilines is 1. The summed E-state index contributed by atoms with van der Waals surface area (Å²) >= 11 is 0. The van der Waals surface area contributed by atoms with Crippen LogP contribution in [0.5, 0.6) is 0 Å². The summed E-state index contributed by atoms with van der Waals surface area (Å²) in [5.74, 6) is -1.31. The molecule has 1 aliphatic heterocycles. The van der Waals surface area contributed by atoms with Crippen molar-refractivity contribution in [2.24, 2.45) is 5.92 Å². The highest BCUT2D eigenvalue weighted by Gasteiger charge is 2.42. The van der Waals surface area contributed by atoms with Crippen molar-refractivity contribution in [3.05, 3.63) is 69.8 Å². The molecule has 3 amide bonds. The number of nitrogens with one attached hydrogen (secondary N) is 2. The molecule has 0 bridgehead atoms. The van der Waals surface area contributed by atoms with Gasteiger partial charge < -0.3 is 10.6 Å². The van der Waals surface area contributed by atoms with Crippen LogP contribution in [0.3, 0.4) is 0 Å². The lowest BCUT2D eigenvalue weighted by Crippen LogP contribution is -2.50. The van der Waals surface area contributed by atoms with Crippen LogP contribution in [0.1, 0.15) is 41.0 Å². The topological polar surface area (TPSA) is 122 Å². The number of rotatable bonds is 9. The number of hydrogen-bond donors (Lipinski definition) is 2. The van der Waals surface area contributed by atoms with Gasteiger partial charge in [-0.3, -0.25) is 29.4 Å². The zero-order valence-corrected chi connectivity index (χ0v) is 17.3. The molecule has 9 heteroatoms. The van der Waals surface area contributed by atoms with Gasteiger partial charge in [0.25, 0.3) is 17.5 Å². The van der Waals surface area contributed by atoms with E-state index in [-0.39, 0.29) is 24.7 Å². The standard InChI is InChI=1S/C22H24N4O5/c1-14(2)13-19(25-21(28)15-7-3-4-8-16(15)22(25)29)20(27)24-12-11-23-17-9-5-6-10-18(17)26(30)31/h3-10,14,19,23H,11-13H2,1-2H3,(H,24,27). The number of nitro groups is 1. The third kappa shape index (κ3) is 4.71. The molecule has 0 spiro atoms. The molecular weight excluding hydrogens is 400 g/mol. The van der Waals surface area contributed by atoms with E-state index in [1.54, 1.807) is 42.5 Å². The van der Waals surface area contributed by atoms with Crippen LogP contribution in [0.4, 0.5) is 11.4 Å². The van der Waals surface area contributed by atoms with Gasteiger partial charge in [-0.05, 0) is 30.5 Å². The van der Waals surface area contributed by atoms with Crippen LogP contribution in [-0.2, 0) is 4.79 Å². The molecule has 1 heterocycles. The Kier molecular flexibility index (Phi) is 6.64. The fourth-order valence-corrected chi connectivity index (χ4v) is 3.55. The number of benzene rings is 2. The third-order valence-electron chi connectivity index (χ3n) is 4.97. The molecule has 0 fully saturated rings. The molecule has 0 aliphatic carbocycles. The number of para-hydroxylation sites is 2. The van der Waals surface area contributed by atoms with E-state index in [0.717, 1.165) is 4.90 Å². The Bertz CT molecular complexity index is 985. The first kappa shape index (κ1) is 21.9. The van der Waals surface area contributed by atoms with Crippen molar-refractivity contribution >= 4 is 29.1 Å². The Hall–Kier alpha value is -3.75. The summed E-state index contributed by atoms with van der Waals surface area (Å²) in [4.78, 5) is 50.1. The average molecular weight is 424 g/mol. The lowest BCUT2D eigenvalue weighted by atomic mass is 10.0. The van der Waals surface area contributed by atoms with Crippen LogP contribution < -0.4 is 10.6 Å². The van der Waals surface area contributed by atoms with Gasteiger partial charge in [-0.1, -0.05) is 38.1 Å². The number of amides is 3. The molecule has 2 aromatic rings. The maximum Gasteiger partial charge on any atom is 0.292 e. The van der Waals surface area contributed by atoms with Crippen molar-refractivity contribution in [3.63, 3.8) is 0 Å². The fraction of sp³-hybridized carbons (Fsp3) is 0.318. The van der Waals surface area contributed by atoms with Crippen molar-refractivity contribution in [1.29, 1.82) is 0 Å². The maximum absolute atomic E-state index is 12.9. The van der Waals surface area contributed by atoms with E-state index in [1.807, 2.05) is 13.8 Å². The predicted molar refractivity (Wildman–Crippen MR) is 115 cm³/mol. The van der Waals surface area contributed by atoms with Gasteiger partial charge in [-0.2, -0.15) is 0 Å². The molecule has 162 valence electrons. The molecule has 2 N–H and O–H groups in total. The van der Waals surface area contributed by atoms with E-state index in [4.69, 9.17) is 0 Å². The Labute approximate surface area is 179 Å². The van der Waals surface area contributed by atoms with Gasteiger partial charge in [0.05, 0.1) is 16.1 Å². The number of fused-ring (bicyclic) bond motifs is 1. The fourth-order valence-electron chi connectivity index (χ4n) is 3.55. The summed E-state index contributed by atoms with van der Waals surface area (Å²) in [6.45, 7) is 4.23. The number of hydrogen-bond acceptors (Lipinski definition) is 6. The molecule has 1 aliphatic rings. The first-order valence-corrected chi connectivity index (χ1v) is 10.0. The van der Waals surface area contributed by atoms with Crippen molar-refractivity contribution < 1.29 is 19.3 Å². The Balaban J connectivity index is 1.66. The highest BCUT2D eigenvalue weighted by Crippen LogP contribution is 2.27. The monoisotopic (exact) mass is 424 g/mol. The van der Waals surface area contributed by atoms with Gasteiger partial charge in [0.2, 0.25) is 5.91 Å². The number of nitro benzene ring substituents is 1. The molecule has 1 unspecified atom stereocenters. The lowest BCUT2D eigenvalue weighted by Gasteiger charge is -2.26.